The van der Waals surface area contributed by atoms with Gasteiger partial charge in [-0.15, -0.1) is 0 Å². The Labute approximate surface area is 119 Å². The van der Waals surface area contributed by atoms with E-state index in [2.05, 4.69) is 19.2 Å². The zero-order valence-corrected chi connectivity index (χ0v) is 12.5. The summed E-state index contributed by atoms with van der Waals surface area (Å²) in [5.74, 6) is -0.643. The van der Waals surface area contributed by atoms with Crippen molar-refractivity contribution in [2.45, 2.75) is 30.8 Å². The number of hydrogen-bond donors (Lipinski definition) is 1. The smallest absolute Gasteiger partial charge is 0.312 e. The molecule has 0 aromatic heterocycles. The first-order valence-electron chi connectivity index (χ1n) is 7.02. The molecule has 2 atom stereocenters. The molecule has 108 valence electrons. The van der Waals surface area contributed by atoms with Crippen molar-refractivity contribution in [3.63, 3.8) is 0 Å². The maximum atomic E-state index is 12.3. The molecule has 2 unspecified atom stereocenters. The van der Waals surface area contributed by atoms with Gasteiger partial charge in [0.1, 0.15) is 0 Å². The number of carbonyl (C=O) groups is 2. The highest BCUT2D eigenvalue weighted by Gasteiger charge is 2.32. The van der Waals surface area contributed by atoms with E-state index in [9.17, 15) is 9.59 Å². The molecule has 6 heteroatoms. The van der Waals surface area contributed by atoms with Crippen LogP contribution in [0.3, 0.4) is 0 Å². The van der Waals surface area contributed by atoms with Crippen LogP contribution in [0.1, 0.15) is 20.3 Å². The van der Waals surface area contributed by atoms with Crippen LogP contribution >= 0.6 is 11.8 Å². The second-order valence-corrected chi connectivity index (χ2v) is 7.24. The van der Waals surface area contributed by atoms with E-state index in [4.69, 9.17) is 0 Å². The fourth-order valence-corrected chi connectivity index (χ4v) is 3.99. The van der Waals surface area contributed by atoms with E-state index in [0.717, 1.165) is 19.5 Å². The second-order valence-electron chi connectivity index (χ2n) is 5.36. The number of amides is 2. The molecular formula is C13H23N3O2S. The van der Waals surface area contributed by atoms with Gasteiger partial charge in [0, 0.05) is 43.2 Å². The van der Waals surface area contributed by atoms with Crippen LogP contribution in [0, 0.1) is 0 Å². The van der Waals surface area contributed by atoms with Gasteiger partial charge in [-0.3, -0.25) is 9.59 Å². The summed E-state index contributed by atoms with van der Waals surface area (Å²) in [5.41, 5.74) is 0. The second kappa shape index (κ2) is 6.61. The zero-order chi connectivity index (χ0) is 13.8. The third-order valence-electron chi connectivity index (χ3n) is 3.52. The predicted octanol–water partition coefficient (Wildman–Crippen LogP) is 0.161. The molecule has 0 radical (unpaired) electrons. The number of thioether (sulfide) groups is 1. The Bertz CT molecular complexity index is 333. The molecule has 2 amide bonds. The van der Waals surface area contributed by atoms with Gasteiger partial charge < -0.3 is 15.1 Å². The summed E-state index contributed by atoms with van der Waals surface area (Å²) in [5, 5.41) is 4.06. The highest BCUT2D eigenvalue weighted by molar-refractivity contribution is 8.00. The van der Waals surface area contributed by atoms with E-state index in [1.165, 1.54) is 0 Å². The minimum atomic E-state index is -0.324. The topological polar surface area (TPSA) is 52.7 Å². The van der Waals surface area contributed by atoms with Gasteiger partial charge in [0.15, 0.2) is 0 Å². The summed E-state index contributed by atoms with van der Waals surface area (Å²) < 4.78 is 0. The Kier molecular flexibility index (Phi) is 5.10. The summed E-state index contributed by atoms with van der Waals surface area (Å²) in [6, 6.07) is 0. The molecule has 1 N–H and O–H groups in total. The maximum absolute atomic E-state index is 12.3. The van der Waals surface area contributed by atoms with Crippen LogP contribution in [0.4, 0.5) is 0 Å². The van der Waals surface area contributed by atoms with E-state index in [1.54, 1.807) is 9.80 Å². The molecule has 0 aromatic carbocycles. The Morgan fingerprint density at radius 1 is 1.00 bits per heavy atom. The van der Waals surface area contributed by atoms with Crippen molar-refractivity contribution in [2.75, 3.05) is 39.3 Å². The zero-order valence-electron chi connectivity index (χ0n) is 11.7. The van der Waals surface area contributed by atoms with Crippen molar-refractivity contribution < 1.29 is 9.59 Å². The summed E-state index contributed by atoms with van der Waals surface area (Å²) in [7, 11) is 0. The van der Waals surface area contributed by atoms with Gasteiger partial charge in [-0.05, 0) is 13.0 Å². The minimum absolute atomic E-state index is 0.319. The van der Waals surface area contributed by atoms with E-state index in [1.807, 2.05) is 11.8 Å². The van der Waals surface area contributed by atoms with Crippen molar-refractivity contribution in [3.05, 3.63) is 0 Å². The van der Waals surface area contributed by atoms with Crippen molar-refractivity contribution >= 4 is 23.6 Å². The Balaban J connectivity index is 1.95. The fourth-order valence-electron chi connectivity index (χ4n) is 2.66. The molecule has 2 aliphatic heterocycles. The number of rotatable bonds is 0. The van der Waals surface area contributed by atoms with Gasteiger partial charge in [-0.1, -0.05) is 13.8 Å². The Morgan fingerprint density at radius 2 is 1.63 bits per heavy atom. The lowest BCUT2D eigenvalue weighted by atomic mass is 10.3. The van der Waals surface area contributed by atoms with E-state index in [-0.39, 0.29) is 11.8 Å². The van der Waals surface area contributed by atoms with Gasteiger partial charge in [0.25, 0.3) is 0 Å². The molecule has 2 aliphatic rings. The molecule has 0 bridgehead atoms. The van der Waals surface area contributed by atoms with Crippen LogP contribution in [0.5, 0.6) is 0 Å². The molecular weight excluding hydrogens is 262 g/mol. The molecule has 2 fully saturated rings. The van der Waals surface area contributed by atoms with Gasteiger partial charge >= 0.3 is 11.8 Å². The fraction of sp³-hybridized carbons (Fsp3) is 0.846. The van der Waals surface area contributed by atoms with Crippen molar-refractivity contribution in [2.24, 2.45) is 0 Å². The summed E-state index contributed by atoms with van der Waals surface area (Å²) in [6.07, 6.45) is 0.918. The molecule has 2 saturated heterocycles. The maximum Gasteiger partial charge on any atom is 0.312 e. The molecule has 0 aromatic rings. The van der Waals surface area contributed by atoms with E-state index < -0.39 is 0 Å². The SMILES string of the molecule is CC1CN(C(=O)C(=O)N2CCCNCC2)CC(C)S1. The van der Waals surface area contributed by atoms with Crippen molar-refractivity contribution in [1.29, 1.82) is 0 Å². The van der Waals surface area contributed by atoms with Crippen LogP contribution in [-0.4, -0.2) is 71.4 Å². The first-order chi connectivity index (χ1) is 9.08. The van der Waals surface area contributed by atoms with E-state index >= 15 is 0 Å². The number of carbonyl (C=O) groups excluding carboxylic acids is 2. The molecule has 19 heavy (non-hydrogen) atoms. The number of hydrogen-bond acceptors (Lipinski definition) is 4. The lowest BCUT2D eigenvalue weighted by molar-refractivity contribution is -0.151. The largest absolute Gasteiger partial charge is 0.333 e. The highest BCUT2D eigenvalue weighted by Crippen LogP contribution is 2.24. The predicted molar refractivity (Wildman–Crippen MR) is 77.2 cm³/mol. The summed E-state index contributed by atoms with van der Waals surface area (Å²) >= 11 is 1.88. The van der Waals surface area contributed by atoms with Gasteiger partial charge in [-0.2, -0.15) is 11.8 Å². The van der Waals surface area contributed by atoms with Crippen LogP contribution in [0.15, 0.2) is 0 Å². The Morgan fingerprint density at radius 3 is 2.32 bits per heavy atom. The lowest BCUT2D eigenvalue weighted by Crippen LogP contribution is -2.51. The first kappa shape index (κ1) is 14.7. The van der Waals surface area contributed by atoms with Crippen molar-refractivity contribution in [3.8, 4) is 0 Å². The third-order valence-corrected chi connectivity index (χ3v) is 4.74. The highest BCUT2D eigenvalue weighted by atomic mass is 32.2. The molecule has 0 aliphatic carbocycles. The monoisotopic (exact) mass is 285 g/mol. The molecule has 2 rings (SSSR count). The van der Waals surface area contributed by atoms with Crippen molar-refractivity contribution in [1.82, 2.24) is 15.1 Å². The molecule has 5 nitrogen and oxygen atoms in total. The van der Waals surface area contributed by atoms with Gasteiger partial charge in [0.05, 0.1) is 0 Å². The van der Waals surface area contributed by atoms with Crippen LogP contribution in [0.25, 0.3) is 0 Å². The average molecular weight is 285 g/mol. The third kappa shape index (κ3) is 3.86. The number of nitrogens with one attached hydrogen (secondary N) is 1. The standard InChI is InChI=1S/C13H23N3O2S/c1-10-8-16(9-11(2)19-10)13(18)12(17)15-6-3-4-14-5-7-15/h10-11,14H,3-9H2,1-2H3. The van der Waals surface area contributed by atoms with E-state index in [0.29, 0.717) is 36.7 Å². The first-order valence-corrected chi connectivity index (χ1v) is 7.96. The summed E-state index contributed by atoms with van der Waals surface area (Å²) in [4.78, 5) is 28.0. The number of nitrogens with zero attached hydrogens (tertiary/aromatic N) is 2. The van der Waals surface area contributed by atoms with Gasteiger partial charge in [-0.25, -0.2) is 0 Å². The Hall–Kier alpha value is -0.750. The normalized spacial score (nSPS) is 28.9. The molecule has 0 saturated carbocycles. The molecule has 2 heterocycles. The summed E-state index contributed by atoms with van der Waals surface area (Å²) in [6.45, 7) is 8.62. The molecule has 0 spiro atoms. The van der Waals surface area contributed by atoms with Crippen LogP contribution in [-0.2, 0) is 9.59 Å². The lowest BCUT2D eigenvalue weighted by Gasteiger charge is -2.35. The van der Waals surface area contributed by atoms with Crippen LogP contribution in [0.2, 0.25) is 0 Å². The van der Waals surface area contributed by atoms with Crippen LogP contribution < -0.4 is 5.32 Å². The quantitative estimate of drug-likeness (QED) is 0.644. The van der Waals surface area contributed by atoms with Gasteiger partial charge in [0.2, 0.25) is 0 Å². The average Bonchev–Trinajstić information content (AvgIpc) is 2.64. The minimum Gasteiger partial charge on any atom is -0.333 e.